The first kappa shape index (κ1) is 29.3. The molecule has 2 N–H and O–H groups in total. The van der Waals surface area contributed by atoms with Gasteiger partial charge < -0.3 is 14.6 Å². The molecule has 242 valence electrons. The number of hydrogen-bond donors (Lipinski definition) is 1. The molecule has 0 unspecified atom stereocenters. The Labute approximate surface area is 296 Å². The lowest BCUT2D eigenvalue weighted by Gasteiger charge is -2.13. The van der Waals surface area contributed by atoms with Crippen molar-refractivity contribution in [2.24, 2.45) is 15.7 Å². The molecule has 51 heavy (non-hydrogen) atoms. The number of nitrogens with zero attached hydrogens (tertiary/aromatic N) is 3. The summed E-state index contributed by atoms with van der Waals surface area (Å²) in [6.45, 7) is 4.53. The highest BCUT2D eigenvalue weighted by atomic mass is 35.5. The average molecular weight is 679 g/mol. The van der Waals surface area contributed by atoms with Crippen LogP contribution in [-0.4, -0.2) is 16.2 Å². The van der Waals surface area contributed by atoms with E-state index in [-0.39, 0.29) is 5.84 Å². The molecule has 0 aliphatic rings. The SMILES string of the molecule is C=C(/N=C(\N=C(/N)c1ccc2oc3ccccc3c2c1)c1c2ccccc2c(Cl)c2c1oc1ccccc12)n1c2ccccc2c2ccccc21. The van der Waals surface area contributed by atoms with Gasteiger partial charge in [-0.15, -0.1) is 0 Å². The topological polar surface area (TPSA) is 81.9 Å². The van der Waals surface area contributed by atoms with E-state index in [1.807, 2.05) is 115 Å². The highest BCUT2D eigenvalue weighted by molar-refractivity contribution is 6.44. The molecule has 0 aliphatic carbocycles. The Hall–Kier alpha value is -6.63. The predicted molar refractivity (Wildman–Crippen MR) is 212 cm³/mol. The normalized spacial score (nSPS) is 12.8. The fourth-order valence-corrected chi connectivity index (χ4v) is 7.74. The minimum Gasteiger partial charge on any atom is -0.456 e. The smallest absolute Gasteiger partial charge is 0.168 e. The van der Waals surface area contributed by atoms with Crippen molar-refractivity contribution in [1.82, 2.24) is 4.57 Å². The fraction of sp³-hybridized carbons (Fsp3) is 0. The summed E-state index contributed by atoms with van der Waals surface area (Å²) in [5.74, 6) is 1.09. The van der Waals surface area contributed by atoms with Crippen LogP contribution in [0.1, 0.15) is 11.1 Å². The maximum Gasteiger partial charge on any atom is 0.168 e. The molecular weight excluding hydrogens is 652 g/mol. The molecule has 10 rings (SSSR count). The average Bonchev–Trinajstić information content (AvgIpc) is 3.84. The van der Waals surface area contributed by atoms with Crippen molar-refractivity contribution in [1.29, 1.82) is 0 Å². The number of aromatic nitrogens is 1. The van der Waals surface area contributed by atoms with E-state index in [9.17, 15) is 0 Å². The van der Waals surface area contributed by atoms with Crippen LogP contribution in [0.3, 0.4) is 0 Å². The lowest BCUT2D eigenvalue weighted by atomic mass is 9.99. The molecule has 0 fully saturated rings. The first-order valence-electron chi connectivity index (χ1n) is 16.6. The number of nitrogens with two attached hydrogens (primary N) is 1. The Balaban J connectivity index is 1.28. The number of aliphatic imine (C=N–C) groups is 2. The number of hydrogen-bond acceptors (Lipinski definition) is 3. The standard InChI is InChI=1S/C44H27ClN4O2/c1-25(49-34-18-8-4-12-27(34)28-13-5-9-19-35(28)49)47-44(48-43(46)26-22-23-38-33(24-26)29-14-6-10-20-36(29)50-38)40-30-15-2-3-16-31(30)41(45)39-32-17-7-11-21-37(32)51-42(39)40/h2-24H,1H2,(H2,46,47,48). The van der Waals surface area contributed by atoms with Crippen molar-refractivity contribution in [2.45, 2.75) is 0 Å². The molecule has 0 bridgehead atoms. The third kappa shape index (κ3) is 4.43. The summed E-state index contributed by atoms with van der Waals surface area (Å²) in [4.78, 5) is 10.4. The van der Waals surface area contributed by atoms with Crippen molar-refractivity contribution in [3.63, 3.8) is 0 Å². The number of rotatable bonds is 4. The summed E-state index contributed by atoms with van der Waals surface area (Å²) in [7, 11) is 0. The molecular formula is C44H27ClN4O2. The Morgan fingerprint density at radius 2 is 1.12 bits per heavy atom. The molecule has 7 aromatic carbocycles. The van der Waals surface area contributed by atoms with Crippen LogP contribution in [0, 0.1) is 0 Å². The van der Waals surface area contributed by atoms with Gasteiger partial charge in [-0.25, -0.2) is 9.98 Å². The van der Waals surface area contributed by atoms with Gasteiger partial charge in [-0.1, -0.05) is 115 Å². The monoisotopic (exact) mass is 678 g/mol. The summed E-state index contributed by atoms with van der Waals surface area (Å²) >= 11 is 7.19. The van der Waals surface area contributed by atoms with Gasteiger partial charge in [-0.2, -0.15) is 0 Å². The van der Waals surface area contributed by atoms with E-state index < -0.39 is 0 Å². The van der Waals surface area contributed by atoms with Crippen molar-refractivity contribution in [2.75, 3.05) is 0 Å². The summed E-state index contributed by atoms with van der Waals surface area (Å²) in [5, 5.41) is 8.13. The van der Waals surface area contributed by atoms with E-state index in [4.69, 9.17) is 36.2 Å². The lowest BCUT2D eigenvalue weighted by molar-refractivity contribution is 0.668. The van der Waals surface area contributed by atoms with E-state index in [0.29, 0.717) is 33.4 Å². The minimum absolute atomic E-state index is 0.277. The molecule has 0 radical (unpaired) electrons. The van der Waals surface area contributed by atoms with E-state index in [0.717, 1.165) is 70.9 Å². The van der Waals surface area contributed by atoms with Crippen LogP contribution in [0.15, 0.2) is 165 Å². The van der Waals surface area contributed by atoms with Gasteiger partial charge in [0.05, 0.1) is 21.6 Å². The Bertz CT molecular complexity index is 3090. The number of fused-ring (bicyclic) bond motifs is 10. The predicted octanol–water partition coefficient (Wildman–Crippen LogP) is 11.7. The fourth-order valence-electron chi connectivity index (χ4n) is 7.38. The Kier molecular flexibility index (Phi) is 6.44. The van der Waals surface area contributed by atoms with Gasteiger partial charge in [0.2, 0.25) is 0 Å². The maximum absolute atomic E-state index is 7.19. The van der Waals surface area contributed by atoms with Crippen molar-refractivity contribution in [3.8, 4) is 0 Å². The third-order valence-electron chi connectivity index (χ3n) is 9.67. The number of benzene rings is 7. The van der Waals surface area contributed by atoms with Crippen molar-refractivity contribution < 1.29 is 8.83 Å². The molecule has 6 nitrogen and oxygen atoms in total. The number of furan rings is 2. The van der Waals surface area contributed by atoms with Crippen LogP contribution in [0.25, 0.3) is 82.3 Å². The Morgan fingerprint density at radius 1 is 0.569 bits per heavy atom. The molecule has 0 amide bonds. The van der Waals surface area contributed by atoms with Gasteiger partial charge in [0.25, 0.3) is 0 Å². The molecule has 0 saturated heterocycles. The molecule has 10 aromatic rings. The van der Waals surface area contributed by atoms with E-state index in [1.165, 1.54) is 0 Å². The van der Waals surface area contributed by atoms with E-state index in [2.05, 4.69) is 35.4 Å². The summed E-state index contributed by atoms with van der Waals surface area (Å²) in [5.41, 5.74) is 13.2. The zero-order chi connectivity index (χ0) is 34.2. The molecule has 0 spiro atoms. The minimum atomic E-state index is 0.277. The first-order valence-corrected chi connectivity index (χ1v) is 17.0. The van der Waals surface area contributed by atoms with Crippen LogP contribution in [-0.2, 0) is 0 Å². The Morgan fingerprint density at radius 3 is 1.82 bits per heavy atom. The number of amidine groups is 2. The molecule has 0 atom stereocenters. The molecule has 0 aliphatic heterocycles. The zero-order valence-corrected chi connectivity index (χ0v) is 27.9. The molecule has 3 aromatic heterocycles. The highest BCUT2D eigenvalue weighted by Crippen LogP contribution is 2.43. The molecule has 3 heterocycles. The number of halogens is 1. The van der Waals surface area contributed by atoms with Crippen molar-refractivity contribution in [3.05, 3.63) is 162 Å². The van der Waals surface area contributed by atoms with Gasteiger partial charge in [-0.05, 0) is 47.9 Å². The van der Waals surface area contributed by atoms with Gasteiger partial charge in [0.1, 0.15) is 34.0 Å². The second kappa shape index (κ2) is 11.2. The summed E-state index contributed by atoms with van der Waals surface area (Å²) in [6, 6.07) is 46.2. The third-order valence-corrected chi connectivity index (χ3v) is 10.1. The van der Waals surface area contributed by atoms with Gasteiger partial charge in [0.15, 0.2) is 5.84 Å². The zero-order valence-electron chi connectivity index (χ0n) is 27.1. The first-order chi connectivity index (χ1) is 25.0. The maximum atomic E-state index is 7.19. The van der Waals surface area contributed by atoms with Crippen LogP contribution in [0.4, 0.5) is 0 Å². The largest absolute Gasteiger partial charge is 0.456 e. The number of para-hydroxylation sites is 4. The van der Waals surface area contributed by atoms with Crippen LogP contribution in [0.5, 0.6) is 0 Å². The quantitative estimate of drug-likeness (QED) is 0.148. The van der Waals surface area contributed by atoms with Crippen LogP contribution < -0.4 is 5.73 Å². The second-order valence-electron chi connectivity index (χ2n) is 12.6. The van der Waals surface area contributed by atoms with Crippen LogP contribution in [0.2, 0.25) is 5.02 Å². The van der Waals surface area contributed by atoms with Gasteiger partial charge >= 0.3 is 0 Å². The van der Waals surface area contributed by atoms with E-state index in [1.54, 1.807) is 0 Å². The van der Waals surface area contributed by atoms with Gasteiger partial charge in [-0.3, -0.25) is 4.57 Å². The molecule has 0 saturated carbocycles. The van der Waals surface area contributed by atoms with Crippen LogP contribution >= 0.6 is 11.6 Å². The van der Waals surface area contributed by atoms with Crippen molar-refractivity contribution >= 4 is 106 Å². The summed E-state index contributed by atoms with van der Waals surface area (Å²) in [6.07, 6.45) is 0. The molecule has 7 heteroatoms. The highest BCUT2D eigenvalue weighted by Gasteiger charge is 2.24. The lowest BCUT2D eigenvalue weighted by Crippen LogP contribution is -2.17. The van der Waals surface area contributed by atoms with E-state index >= 15 is 0 Å². The summed E-state index contributed by atoms with van der Waals surface area (Å²) < 4.78 is 14.8. The second-order valence-corrected chi connectivity index (χ2v) is 12.9. The van der Waals surface area contributed by atoms with Gasteiger partial charge in [0, 0.05) is 43.3 Å².